The fourth-order valence-corrected chi connectivity index (χ4v) is 2.76. The van der Waals surface area contributed by atoms with Gasteiger partial charge in [-0.25, -0.2) is 4.79 Å². The first-order valence-electron chi connectivity index (χ1n) is 9.78. The third-order valence-corrected chi connectivity index (χ3v) is 4.29. The number of rotatable bonds is 7. The van der Waals surface area contributed by atoms with E-state index in [1.54, 1.807) is 61.5 Å². The zero-order valence-electron chi connectivity index (χ0n) is 17.0. The standard InChI is InChI=1S/C25H22N2O4/c1-2-31-25(30)20-13-15-21(16-14-20)26-24(29)22(17-18-9-5-3-6-10-18)27-23(28)19-11-7-4-8-12-19/h3-17H,2H2,1H3,(H,26,29)(H,27,28)/b22-17+. The van der Waals surface area contributed by atoms with E-state index in [0.29, 0.717) is 16.8 Å². The maximum absolute atomic E-state index is 12.9. The Hall–Kier alpha value is -4.19. The fraction of sp³-hybridized carbons (Fsp3) is 0.0800. The highest BCUT2D eigenvalue weighted by Crippen LogP contribution is 2.13. The summed E-state index contributed by atoms with van der Waals surface area (Å²) >= 11 is 0. The molecular weight excluding hydrogens is 392 g/mol. The van der Waals surface area contributed by atoms with E-state index in [-0.39, 0.29) is 12.3 Å². The third kappa shape index (κ3) is 6.14. The molecule has 0 fully saturated rings. The average molecular weight is 414 g/mol. The molecule has 2 N–H and O–H groups in total. The lowest BCUT2D eigenvalue weighted by atomic mass is 10.1. The van der Waals surface area contributed by atoms with Gasteiger partial charge in [-0.05, 0) is 55.0 Å². The van der Waals surface area contributed by atoms with Crippen LogP contribution >= 0.6 is 0 Å². The molecule has 6 heteroatoms. The molecule has 0 aliphatic heterocycles. The molecule has 3 rings (SSSR count). The van der Waals surface area contributed by atoms with E-state index in [0.717, 1.165) is 5.56 Å². The van der Waals surface area contributed by atoms with Crippen LogP contribution in [0.15, 0.2) is 90.6 Å². The Bertz CT molecular complexity index is 1080. The van der Waals surface area contributed by atoms with Gasteiger partial charge in [-0.15, -0.1) is 0 Å². The molecule has 156 valence electrons. The van der Waals surface area contributed by atoms with Gasteiger partial charge in [0, 0.05) is 11.3 Å². The number of esters is 1. The lowest BCUT2D eigenvalue weighted by Crippen LogP contribution is -2.30. The molecular formula is C25H22N2O4. The number of nitrogens with one attached hydrogen (secondary N) is 2. The highest BCUT2D eigenvalue weighted by atomic mass is 16.5. The van der Waals surface area contributed by atoms with Crippen LogP contribution in [0.2, 0.25) is 0 Å². The van der Waals surface area contributed by atoms with E-state index in [9.17, 15) is 14.4 Å². The van der Waals surface area contributed by atoms with Crippen LogP contribution in [-0.4, -0.2) is 24.4 Å². The first-order chi connectivity index (χ1) is 15.1. The minimum Gasteiger partial charge on any atom is -0.462 e. The first-order valence-corrected chi connectivity index (χ1v) is 9.78. The van der Waals surface area contributed by atoms with E-state index < -0.39 is 17.8 Å². The topological polar surface area (TPSA) is 84.5 Å². The average Bonchev–Trinajstić information content (AvgIpc) is 2.80. The number of carbonyl (C=O) groups is 3. The van der Waals surface area contributed by atoms with Crippen molar-refractivity contribution in [1.82, 2.24) is 5.32 Å². The predicted molar refractivity (Wildman–Crippen MR) is 119 cm³/mol. The van der Waals surface area contributed by atoms with Gasteiger partial charge in [0.1, 0.15) is 5.70 Å². The van der Waals surface area contributed by atoms with Crippen LogP contribution in [0.25, 0.3) is 6.08 Å². The number of ether oxygens (including phenoxy) is 1. The monoisotopic (exact) mass is 414 g/mol. The summed E-state index contributed by atoms with van der Waals surface area (Å²) in [5.41, 5.74) is 2.16. The van der Waals surface area contributed by atoms with Crippen molar-refractivity contribution in [2.24, 2.45) is 0 Å². The molecule has 0 atom stereocenters. The Labute approximate surface area is 180 Å². The van der Waals surface area contributed by atoms with Gasteiger partial charge in [-0.3, -0.25) is 9.59 Å². The second-order valence-electron chi connectivity index (χ2n) is 6.54. The molecule has 0 unspecified atom stereocenters. The van der Waals surface area contributed by atoms with Gasteiger partial charge in [0.2, 0.25) is 0 Å². The Morgan fingerprint density at radius 3 is 2.03 bits per heavy atom. The third-order valence-electron chi connectivity index (χ3n) is 4.29. The molecule has 3 aromatic carbocycles. The van der Waals surface area contributed by atoms with Crippen molar-refractivity contribution in [2.75, 3.05) is 11.9 Å². The van der Waals surface area contributed by atoms with Crippen LogP contribution in [0.5, 0.6) is 0 Å². The first kappa shape index (κ1) is 21.5. The molecule has 0 aromatic heterocycles. The van der Waals surface area contributed by atoms with Crippen LogP contribution in [0.3, 0.4) is 0 Å². The van der Waals surface area contributed by atoms with Gasteiger partial charge in [0.15, 0.2) is 0 Å². The molecule has 0 radical (unpaired) electrons. The summed E-state index contributed by atoms with van der Waals surface area (Å²) in [6.07, 6.45) is 1.60. The van der Waals surface area contributed by atoms with Crippen LogP contribution in [-0.2, 0) is 9.53 Å². The molecule has 0 heterocycles. The van der Waals surface area contributed by atoms with Crippen molar-refractivity contribution in [3.05, 3.63) is 107 Å². The van der Waals surface area contributed by atoms with Gasteiger partial charge in [0.05, 0.1) is 12.2 Å². The number of amides is 2. The zero-order valence-corrected chi connectivity index (χ0v) is 17.0. The highest BCUT2D eigenvalue weighted by molar-refractivity contribution is 6.10. The summed E-state index contributed by atoms with van der Waals surface area (Å²) in [4.78, 5) is 37.3. The van der Waals surface area contributed by atoms with Crippen molar-refractivity contribution in [2.45, 2.75) is 6.92 Å². The second-order valence-corrected chi connectivity index (χ2v) is 6.54. The molecule has 6 nitrogen and oxygen atoms in total. The summed E-state index contributed by atoms with van der Waals surface area (Å²) in [6.45, 7) is 2.02. The smallest absolute Gasteiger partial charge is 0.338 e. The van der Waals surface area contributed by atoms with Crippen molar-refractivity contribution in [3.8, 4) is 0 Å². The molecule has 0 aliphatic rings. The van der Waals surface area contributed by atoms with Gasteiger partial charge < -0.3 is 15.4 Å². The molecule has 0 spiro atoms. The van der Waals surface area contributed by atoms with Crippen molar-refractivity contribution in [3.63, 3.8) is 0 Å². The summed E-state index contributed by atoms with van der Waals surface area (Å²) in [5.74, 6) is -1.31. The maximum Gasteiger partial charge on any atom is 0.338 e. The lowest BCUT2D eigenvalue weighted by Gasteiger charge is -2.12. The van der Waals surface area contributed by atoms with Gasteiger partial charge in [-0.2, -0.15) is 0 Å². The molecule has 0 saturated carbocycles. The normalized spacial score (nSPS) is 10.8. The van der Waals surface area contributed by atoms with Crippen LogP contribution in [0.4, 0.5) is 5.69 Å². The molecule has 0 saturated heterocycles. The number of anilines is 1. The molecule has 2 amide bonds. The largest absolute Gasteiger partial charge is 0.462 e. The van der Waals surface area contributed by atoms with Crippen molar-refractivity contribution < 1.29 is 19.1 Å². The molecule has 31 heavy (non-hydrogen) atoms. The van der Waals surface area contributed by atoms with Gasteiger partial charge in [-0.1, -0.05) is 48.5 Å². The summed E-state index contributed by atoms with van der Waals surface area (Å²) in [7, 11) is 0. The number of hydrogen-bond donors (Lipinski definition) is 2. The summed E-state index contributed by atoms with van der Waals surface area (Å²) in [5, 5.41) is 5.43. The number of benzene rings is 3. The van der Waals surface area contributed by atoms with E-state index >= 15 is 0 Å². The van der Waals surface area contributed by atoms with Gasteiger partial charge >= 0.3 is 5.97 Å². The minimum absolute atomic E-state index is 0.0922. The second kappa shape index (κ2) is 10.5. The Balaban J connectivity index is 1.80. The SMILES string of the molecule is CCOC(=O)c1ccc(NC(=O)/C(=C\c2ccccc2)NC(=O)c2ccccc2)cc1. The fourth-order valence-electron chi connectivity index (χ4n) is 2.76. The lowest BCUT2D eigenvalue weighted by molar-refractivity contribution is -0.113. The van der Waals surface area contributed by atoms with E-state index in [1.165, 1.54) is 0 Å². The highest BCUT2D eigenvalue weighted by Gasteiger charge is 2.15. The number of hydrogen-bond acceptors (Lipinski definition) is 4. The van der Waals surface area contributed by atoms with Crippen molar-refractivity contribution in [1.29, 1.82) is 0 Å². The maximum atomic E-state index is 12.9. The van der Waals surface area contributed by atoms with Crippen LogP contribution in [0.1, 0.15) is 33.2 Å². The minimum atomic E-state index is -0.489. The van der Waals surface area contributed by atoms with E-state index in [2.05, 4.69) is 10.6 Å². The number of carbonyl (C=O) groups excluding carboxylic acids is 3. The zero-order chi connectivity index (χ0) is 22.1. The Kier molecular flexibility index (Phi) is 7.32. The van der Waals surface area contributed by atoms with Crippen LogP contribution < -0.4 is 10.6 Å². The Morgan fingerprint density at radius 1 is 0.806 bits per heavy atom. The predicted octanol–water partition coefficient (Wildman–Crippen LogP) is 4.27. The summed E-state index contributed by atoms with van der Waals surface area (Å²) in [6, 6.07) is 24.2. The van der Waals surface area contributed by atoms with Gasteiger partial charge in [0.25, 0.3) is 11.8 Å². The molecule has 0 aliphatic carbocycles. The van der Waals surface area contributed by atoms with Crippen molar-refractivity contribution >= 4 is 29.5 Å². The van der Waals surface area contributed by atoms with E-state index in [4.69, 9.17) is 4.74 Å². The van der Waals surface area contributed by atoms with E-state index in [1.807, 2.05) is 36.4 Å². The summed E-state index contributed by atoms with van der Waals surface area (Å²) < 4.78 is 4.96. The Morgan fingerprint density at radius 2 is 1.42 bits per heavy atom. The molecule has 3 aromatic rings. The van der Waals surface area contributed by atoms with Crippen LogP contribution in [0, 0.1) is 0 Å². The quantitative estimate of drug-likeness (QED) is 0.447. The molecule has 0 bridgehead atoms.